The minimum absolute atomic E-state index is 0.0700. The third kappa shape index (κ3) is 4.69. The Morgan fingerprint density at radius 3 is 1.97 bits per heavy atom. The van der Waals surface area contributed by atoms with Gasteiger partial charge < -0.3 is 19.6 Å². The van der Waals surface area contributed by atoms with Gasteiger partial charge in [-0.1, -0.05) is 42.5 Å². The van der Waals surface area contributed by atoms with E-state index in [-0.39, 0.29) is 16.2 Å². The SMILES string of the molecule is COc1ccc(-c2cc(-c3ccc(OC)cc3)c3nc(CS(=O)(=O)c4ccccc4)c([N+](=O)[O-])n3c2)cc1. The van der Waals surface area contributed by atoms with Crippen molar-refractivity contribution in [3.63, 3.8) is 0 Å². The second-order valence-electron chi connectivity index (χ2n) is 8.50. The highest BCUT2D eigenvalue weighted by molar-refractivity contribution is 7.90. The van der Waals surface area contributed by atoms with E-state index in [1.807, 2.05) is 30.3 Å². The third-order valence-corrected chi connectivity index (χ3v) is 7.83. The van der Waals surface area contributed by atoms with Gasteiger partial charge in [0.05, 0.1) is 19.1 Å². The highest BCUT2D eigenvalue weighted by Gasteiger charge is 2.30. The Morgan fingerprint density at radius 1 is 0.842 bits per heavy atom. The van der Waals surface area contributed by atoms with Gasteiger partial charge in [0, 0.05) is 11.1 Å². The standard InChI is InChI=1S/C28H23N3O6S/c1-36-22-12-8-19(9-13-22)21-16-25(20-10-14-23(37-2)15-11-20)27-29-26(28(31(32)33)30(27)17-21)18-38(34,35)24-6-4-3-5-7-24/h3-17H,18H2,1-2H3. The molecule has 9 nitrogen and oxygen atoms in total. The zero-order valence-corrected chi connectivity index (χ0v) is 21.4. The van der Waals surface area contributed by atoms with E-state index in [9.17, 15) is 18.5 Å². The van der Waals surface area contributed by atoms with Crippen LogP contribution in [0.2, 0.25) is 0 Å². The molecule has 3 aromatic carbocycles. The molecule has 38 heavy (non-hydrogen) atoms. The number of hydrogen-bond donors (Lipinski definition) is 0. The van der Waals surface area contributed by atoms with Crippen LogP contribution in [0, 0.1) is 10.1 Å². The van der Waals surface area contributed by atoms with Crippen LogP contribution in [0.1, 0.15) is 5.69 Å². The van der Waals surface area contributed by atoms with E-state index in [0.29, 0.717) is 22.6 Å². The lowest BCUT2D eigenvalue weighted by Crippen LogP contribution is -2.07. The number of imidazole rings is 1. The molecule has 0 radical (unpaired) electrons. The molecule has 0 aliphatic heterocycles. The fourth-order valence-electron chi connectivity index (χ4n) is 4.29. The summed E-state index contributed by atoms with van der Waals surface area (Å²) in [4.78, 5) is 16.3. The van der Waals surface area contributed by atoms with Crippen LogP contribution in [-0.2, 0) is 15.6 Å². The first-order valence-corrected chi connectivity index (χ1v) is 13.2. The maximum atomic E-state index is 13.1. The van der Waals surface area contributed by atoms with E-state index in [0.717, 1.165) is 11.1 Å². The Balaban J connectivity index is 1.75. The number of pyridine rings is 1. The number of methoxy groups -OCH3 is 2. The van der Waals surface area contributed by atoms with Gasteiger partial charge in [0.2, 0.25) is 5.65 Å². The molecular formula is C28H23N3O6S. The van der Waals surface area contributed by atoms with Crippen LogP contribution in [0.5, 0.6) is 11.5 Å². The molecule has 0 saturated heterocycles. The lowest BCUT2D eigenvalue weighted by molar-refractivity contribution is -0.391. The van der Waals surface area contributed by atoms with Gasteiger partial charge in [-0.3, -0.25) is 0 Å². The monoisotopic (exact) mass is 529 g/mol. The Kier molecular flexibility index (Phi) is 6.56. The second kappa shape index (κ2) is 9.98. The van der Waals surface area contributed by atoms with Crippen LogP contribution in [0.4, 0.5) is 5.82 Å². The van der Waals surface area contributed by atoms with E-state index in [1.54, 1.807) is 62.9 Å². The van der Waals surface area contributed by atoms with E-state index in [4.69, 9.17) is 9.47 Å². The Labute approximate surface area is 219 Å². The second-order valence-corrected chi connectivity index (χ2v) is 10.5. The zero-order chi connectivity index (χ0) is 26.9. The molecule has 2 heterocycles. The van der Waals surface area contributed by atoms with Gasteiger partial charge in [0.25, 0.3) is 0 Å². The topological polar surface area (TPSA) is 113 Å². The molecule has 0 aliphatic carbocycles. The molecule has 192 valence electrons. The molecule has 0 bridgehead atoms. The van der Waals surface area contributed by atoms with Crippen molar-refractivity contribution in [1.29, 1.82) is 0 Å². The predicted molar refractivity (Wildman–Crippen MR) is 143 cm³/mol. The normalized spacial score (nSPS) is 11.4. The summed E-state index contributed by atoms with van der Waals surface area (Å²) < 4.78 is 38.1. The summed E-state index contributed by atoms with van der Waals surface area (Å²) >= 11 is 0. The first kappa shape index (κ1) is 25.0. The van der Waals surface area contributed by atoms with Gasteiger partial charge in [-0.25, -0.2) is 13.4 Å². The number of benzene rings is 3. The van der Waals surface area contributed by atoms with Crippen LogP contribution in [-0.4, -0.2) is 36.9 Å². The van der Waals surface area contributed by atoms with E-state index < -0.39 is 26.3 Å². The summed E-state index contributed by atoms with van der Waals surface area (Å²) in [5.74, 6) is 0.312. The van der Waals surface area contributed by atoms with Gasteiger partial charge in [0.15, 0.2) is 15.5 Å². The van der Waals surface area contributed by atoms with E-state index in [2.05, 4.69) is 4.98 Å². The minimum atomic E-state index is -3.88. The summed E-state index contributed by atoms with van der Waals surface area (Å²) in [5.41, 5.74) is 2.96. The molecule has 5 rings (SSSR count). The van der Waals surface area contributed by atoms with Crippen LogP contribution >= 0.6 is 0 Å². The van der Waals surface area contributed by atoms with Crippen LogP contribution in [0.25, 0.3) is 27.9 Å². The average molecular weight is 530 g/mol. The molecule has 0 unspecified atom stereocenters. The largest absolute Gasteiger partial charge is 0.497 e. The number of fused-ring (bicyclic) bond motifs is 1. The molecule has 0 N–H and O–H groups in total. The van der Waals surface area contributed by atoms with E-state index in [1.165, 1.54) is 16.5 Å². The number of nitrogens with zero attached hydrogens (tertiary/aromatic N) is 3. The number of aromatic nitrogens is 2. The highest BCUT2D eigenvalue weighted by atomic mass is 32.2. The number of nitro groups is 1. The minimum Gasteiger partial charge on any atom is -0.497 e. The van der Waals surface area contributed by atoms with Crippen molar-refractivity contribution in [1.82, 2.24) is 9.38 Å². The van der Waals surface area contributed by atoms with Gasteiger partial charge in [-0.15, -0.1) is 0 Å². The molecule has 0 spiro atoms. The fourth-order valence-corrected chi connectivity index (χ4v) is 5.58. The number of hydrogen-bond acceptors (Lipinski definition) is 7. The maximum absolute atomic E-state index is 13.1. The third-order valence-electron chi connectivity index (χ3n) is 6.19. The fraction of sp³-hybridized carbons (Fsp3) is 0.107. The van der Waals surface area contributed by atoms with Crippen molar-refractivity contribution < 1.29 is 22.8 Å². The average Bonchev–Trinajstić information content (AvgIpc) is 3.30. The molecule has 0 atom stereocenters. The number of ether oxygens (including phenoxy) is 2. The van der Waals surface area contributed by atoms with Gasteiger partial charge in [-0.05, 0) is 58.5 Å². The molecule has 0 aliphatic rings. The molecule has 2 aromatic heterocycles. The zero-order valence-electron chi connectivity index (χ0n) is 20.6. The molecule has 0 fully saturated rings. The van der Waals surface area contributed by atoms with E-state index >= 15 is 0 Å². The lowest BCUT2D eigenvalue weighted by Gasteiger charge is -2.08. The molecule has 0 saturated carbocycles. The van der Waals surface area contributed by atoms with Crippen LogP contribution in [0.3, 0.4) is 0 Å². The maximum Gasteiger partial charge on any atom is 0.352 e. The van der Waals surface area contributed by atoms with Gasteiger partial charge in [0.1, 0.15) is 23.4 Å². The van der Waals surface area contributed by atoms with Crippen LogP contribution in [0.15, 0.2) is 96.0 Å². The van der Waals surface area contributed by atoms with Crippen molar-refractivity contribution in [3.8, 4) is 33.8 Å². The summed E-state index contributed by atoms with van der Waals surface area (Å²) in [7, 11) is -0.748. The Bertz CT molecular complexity index is 1730. The van der Waals surface area contributed by atoms with Crippen molar-refractivity contribution in [2.24, 2.45) is 0 Å². The van der Waals surface area contributed by atoms with Gasteiger partial charge >= 0.3 is 5.82 Å². The highest BCUT2D eigenvalue weighted by Crippen LogP contribution is 2.35. The lowest BCUT2D eigenvalue weighted by atomic mass is 10.0. The van der Waals surface area contributed by atoms with Gasteiger partial charge in [-0.2, -0.15) is 4.40 Å². The smallest absolute Gasteiger partial charge is 0.352 e. The Hall–Kier alpha value is -4.70. The first-order chi connectivity index (χ1) is 18.3. The summed E-state index contributed by atoms with van der Waals surface area (Å²) in [5, 5.41) is 12.3. The van der Waals surface area contributed by atoms with Crippen LogP contribution < -0.4 is 9.47 Å². The van der Waals surface area contributed by atoms with Crippen molar-refractivity contribution >= 4 is 21.3 Å². The molecule has 5 aromatic rings. The predicted octanol–water partition coefficient (Wildman–Crippen LogP) is 5.57. The summed E-state index contributed by atoms with van der Waals surface area (Å²) in [6.07, 6.45) is 1.61. The molecule has 10 heteroatoms. The quantitative estimate of drug-likeness (QED) is 0.191. The first-order valence-electron chi connectivity index (χ1n) is 11.6. The number of rotatable bonds is 8. The van der Waals surface area contributed by atoms with Crippen molar-refractivity contribution in [2.45, 2.75) is 10.6 Å². The Morgan fingerprint density at radius 2 is 1.42 bits per heavy atom. The summed E-state index contributed by atoms with van der Waals surface area (Å²) in [6, 6.07) is 24.2. The molecular weight excluding hydrogens is 506 g/mol. The van der Waals surface area contributed by atoms with Crippen molar-refractivity contribution in [3.05, 3.63) is 107 Å². The van der Waals surface area contributed by atoms with Crippen molar-refractivity contribution in [2.75, 3.05) is 14.2 Å². The summed E-state index contributed by atoms with van der Waals surface area (Å²) in [6.45, 7) is 0. The molecule has 0 amide bonds. The number of sulfone groups is 1.